The number of H-pyrrole nitrogens is 1. The summed E-state index contributed by atoms with van der Waals surface area (Å²) in [5.41, 5.74) is 3.05. The Kier molecular flexibility index (Phi) is 4.05. The molecule has 0 aliphatic heterocycles. The summed E-state index contributed by atoms with van der Waals surface area (Å²) < 4.78 is 13.0. The van der Waals surface area contributed by atoms with Crippen LogP contribution in [-0.4, -0.2) is 25.0 Å². The molecule has 0 unspecified atom stereocenters. The van der Waals surface area contributed by atoms with Crippen LogP contribution in [0.5, 0.6) is 5.75 Å². The van der Waals surface area contributed by atoms with Gasteiger partial charge in [0.25, 0.3) is 0 Å². The van der Waals surface area contributed by atoms with Crippen molar-refractivity contribution in [1.29, 1.82) is 0 Å². The Bertz CT molecular complexity index is 1110. The van der Waals surface area contributed by atoms with Gasteiger partial charge in [0, 0.05) is 18.3 Å². The zero-order valence-corrected chi connectivity index (χ0v) is 14.5. The van der Waals surface area contributed by atoms with E-state index in [-0.39, 0.29) is 11.6 Å². The number of hydrogen-bond donors (Lipinski definition) is 2. The van der Waals surface area contributed by atoms with Gasteiger partial charge in [0.15, 0.2) is 11.6 Å². The van der Waals surface area contributed by atoms with Gasteiger partial charge in [-0.3, -0.25) is 0 Å². The molecule has 5 nitrogen and oxygen atoms in total. The molecule has 2 heterocycles. The molecule has 0 atom stereocenters. The van der Waals surface area contributed by atoms with Gasteiger partial charge in [0.2, 0.25) is 0 Å². The number of aromatic amines is 1. The molecule has 0 aliphatic rings. The molecule has 0 saturated heterocycles. The molecule has 130 valence electrons. The van der Waals surface area contributed by atoms with E-state index in [1.165, 1.54) is 12.1 Å². The zero-order chi connectivity index (χ0) is 18.3. The molecular weight excluding hydrogens is 355 g/mol. The monoisotopic (exact) mass is 368 g/mol. The predicted octanol–water partition coefficient (Wildman–Crippen LogP) is 4.42. The van der Waals surface area contributed by atoms with Crippen LogP contribution in [0.4, 0.5) is 4.39 Å². The average molecular weight is 369 g/mol. The van der Waals surface area contributed by atoms with Gasteiger partial charge >= 0.3 is 0 Å². The van der Waals surface area contributed by atoms with Crippen LogP contribution in [0.2, 0.25) is 5.02 Å². The molecule has 0 aliphatic carbocycles. The highest BCUT2D eigenvalue weighted by Gasteiger charge is 2.17. The van der Waals surface area contributed by atoms with Crippen LogP contribution in [0.15, 0.2) is 42.6 Å². The summed E-state index contributed by atoms with van der Waals surface area (Å²) in [4.78, 5) is 16.1. The number of imidazole rings is 1. The van der Waals surface area contributed by atoms with Crippen molar-refractivity contribution in [3.8, 4) is 17.1 Å². The Morgan fingerprint density at radius 2 is 1.92 bits per heavy atom. The molecule has 0 amide bonds. The number of nitrogens with one attached hydrogen (secondary N) is 1. The molecule has 0 spiro atoms. The third kappa shape index (κ3) is 2.99. The number of phenols is 1. The van der Waals surface area contributed by atoms with Crippen molar-refractivity contribution >= 4 is 22.6 Å². The molecule has 2 N–H and O–H groups in total. The number of fused-ring (bicyclic) bond motifs is 1. The number of nitrogens with zero attached hydrogens (tertiary/aromatic N) is 3. The van der Waals surface area contributed by atoms with E-state index in [4.69, 9.17) is 11.6 Å². The maximum Gasteiger partial charge on any atom is 0.163 e. The standard InChI is InChI=1S/C19H14ClFN4O/c1-10-23-16-15(20)9-14(18(26)17(16)24-10)19-22-7-6-13(25-19)8-11-2-4-12(21)5-3-11/h2-7,9,26H,8H2,1H3,(H,23,24). The van der Waals surface area contributed by atoms with Crippen LogP contribution in [0.25, 0.3) is 22.4 Å². The van der Waals surface area contributed by atoms with Gasteiger partial charge in [-0.05, 0) is 36.8 Å². The van der Waals surface area contributed by atoms with E-state index in [0.29, 0.717) is 39.7 Å². The van der Waals surface area contributed by atoms with Crippen LogP contribution in [0.1, 0.15) is 17.1 Å². The number of halogens is 2. The van der Waals surface area contributed by atoms with Crippen LogP contribution in [0.3, 0.4) is 0 Å². The summed E-state index contributed by atoms with van der Waals surface area (Å²) in [5.74, 6) is 0.707. The first kappa shape index (κ1) is 16.5. The number of aromatic hydroxyl groups is 1. The molecule has 4 aromatic rings. The van der Waals surface area contributed by atoms with Crippen molar-refractivity contribution in [2.45, 2.75) is 13.3 Å². The second kappa shape index (κ2) is 6.38. The quantitative estimate of drug-likeness (QED) is 0.561. The molecule has 4 rings (SSSR count). The van der Waals surface area contributed by atoms with Gasteiger partial charge in [0.1, 0.15) is 17.2 Å². The summed E-state index contributed by atoms with van der Waals surface area (Å²) >= 11 is 6.31. The van der Waals surface area contributed by atoms with Gasteiger partial charge < -0.3 is 10.1 Å². The van der Waals surface area contributed by atoms with Crippen LogP contribution < -0.4 is 0 Å². The third-order valence-electron chi connectivity index (χ3n) is 4.06. The highest BCUT2D eigenvalue weighted by Crippen LogP contribution is 2.37. The van der Waals surface area contributed by atoms with Gasteiger partial charge in [-0.25, -0.2) is 19.3 Å². The van der Waals surface area contributed by atoms with Crippen LogP contribution in [0, 0.1) is 12.7 Å². The lowest BCUT2D eigenvalue weighted by Crippen LogP contribution is -1.97. The van der Waals surface area contributed by atoms with E-state index in [1.807, 2.05) is 0 Å². The van der Waals surface area contributed by atoms with Crippen LogP contribution >= 0.6 is 11.6 Å². The second-order valence-corrected chi connectivity index (χ2v) is 6.38. The molecule has 2 aromatic heterocycles. The van der Waals surface area contributed by atoms with E-state index < -0.39 is 0 Å². The Hall–Kier alpha value is -2.99. The highest BCUT2D eigenvalue weighted by molar-refractivity contribution is 6.35. The minimum atomic E-state index is -0.278. The molecule has 2 aromatic carbocycles. The topological polar surface area (TPSA) is 74.7 Å². The van der Waals surface area contributed by atoms with Gasteiger partial charge in [-0.1, -0.05) is 23.7 Å². The first-order valence-electron chi connectivity index (χ1n) is 7.96. The fourth-order valence-corrected chi connectivity index (χ4v) is 3.08. The number of aryl methyl sites for hydroxylation is 1. The van der Waals surface area contributed by atoms with Crippen molar-refractivity contribution in [1.82, 2.24) is 19.9 Å². The Morgan fingerprint density at radius 1 is 1.15 bits per heavy atom. The SMILES string of the molecule is Cc1nc2c(O)c(-c3nccc(Cc4ccc(F)cc4)n3)cc(Cl)c2[nH]1. The zero-order valence-electron chi connectivity index (χ0n) is 13.8. The number of phenolic OH excluding ortho intramolecular Hbond substituents is 1. The predicted molar refractivity (Wildman–Crippen MR) is 97.7 cm³/mol. The summed E-state index contributed by atoms with van der Waals surface area (Å²) in [6.07, 6.45) is 2.14. The third-order valence-corrected chi connectivity index (χ3v) is 4.36. The maximum absolute atomic E-state index is 13.0. The first-order valence-corrected chi connectivity index (χ1v) is 8.33. The van der Waals surface area contributed by atoms with E-state index in [1.54, 1.807) is 37.4 Å². The molecule has 7 heteroatoms. The Balaban J connectivity index is 1.75. The van der Waals surface area contributed by atoms with Gasteiger partial charge in [-0.2, -0.15) is 0 Å². The van der Waals surface area contributed by atoms with Gasteiger partial charge in [-0.15, -0.1) is 0 Å². The lowest BCUT2D eigenvalue weighted by atomic mass is 10.1. The lowest BCUT2D eigenvalue weighted by molar-refractivity contribution is 0.482. The van der Waals surface area contributed by atoms with Gasteiger partial charge in [0.05, 0.1) is 16.1 Å². The fourth-order valence-electron chi connectivity index (χ4n) is 2.84. The summed E-state index contributed by atoms with van der Waals surface area (Å²) in [6, 6.07) is 9.65. The van der Waals surface area contributed by atoms with Crippen molar-refractivity contribution in [3.05, 3.63) is 70.5 Å². The van der Waals surface area contributed by atoms with E-state index in [2.05, 4.69) is 19.9 Å². The van der Waals surface area contributed by atoms with Crippen LogP contribution in [-0.2, 0) is 6.42 Å². The largest absolute Gasteiger partial charge is 0.505 e. The Labute approximate surface area is 153 Å². The number of benzene rings is 2. The van der Waals surface area contributed by atoms with Crippen molar-refractivity contribution < 1.29 is 9.50 Å². The van der Waals surface area contributed by atoms with E-state index >= 15 is 0 Å². The summed E-state index contributed by atoms with van der Waals surface area (Å²) in [5, 5.41) is 11.0. The van der Waals surface area contributed by atoms with Crippen molar-refractivity contribution in [3.63, 3.8) is 0 Å². The molecule has 0 fully saturated rings. The molecular formula is C19H14ClFN4O. The molecule has 0 radical (unpaired) electrons. The fraction of sp³-hybridized carbons (Fsp3) is 0.105. The number of hydrogen-bond acceptors (Lipinski definition) is 4. The van der Waals surface area contributed by atoms with E-state index in [0.717, 1.165) is 11.3 Å². The Morgan fingerprint density at radius 3 is 2.69 bits per heavy atom. The van der Waals surface area contributed by atoms with Crippen molar-refractivity contribution in [2.24, 2.45) is 0 Å². The highest BCUT2D eigenvalue weighted by atomic mass is 35.5. The smallest absolute Gasteiger partial charge is 0.163 e. The average Bonchev–Trinajstić information content (AvgIpc) is 3.03. The summed E-state index contributed by atoms with van der Waals surface area (Å²) in [7, 11) is 0. The molecule has 0 saturated carbocycles. The number of aromatic nitrogens is 4. The number of rotatable bonds is 3. The lowest BCUT2D eigenvalue weighted by Gasteiger charge is -2.07. The minimum Gasteiger partial charge on any atom is -0.505 e. The van der Waals surface area contributed by atoms with E-state index in [9.17, 15) is 9.50 Å². The first-order chi connectivity index (χ1) is 12.5. The van der Waals surface area contributed by atoms with Crippen molar-refractivity contribution in [2.75, 3.05) is 0 Å². The second-order valence-electron chi connectivity index (χ2n) is 5.98. The molecule has 26 heavy (non-hydrogen) atoms. The minimum absolute atomic E-state index is 0.0207. The normalized spacial score (nSPS) is 11.2. The molecule has 0 bridgehead atoms. The summed E-state index contributed by atoms with van der Waals surface area (Å²) in [6.45, 7) is 1.79. The maximum atomic E-state index is 13.0.